The van der Waals surface area contributed by atoms with Crippen molar-refractivity contribution in [2.45, 2.75) is 37.8 Å². The number of hydrogen-bond donors (Lipinski definition) is 1. The molecule has 0 radical (unpaired) electrons. The predicted octanol–water partition coefficient (Wildman–Crippen LogP) is 6.96. The van der Waals surface area contributed by atoms with Gasteiger partial charge in [0.25, 0.3) is 0 Å². The number of alkyl halides is 3. The highest BCUT2D eigenvalue weighted by Gasteiger charge is 2.37. The Kier molecular flexibility index (Phi) is 7.95. The van der Waals surface area contributed by atoms with Gasteiger partial charge < -0.3 is 14.8 Å². The van der Waals surface area contributed by atoms with Crippen LogP contribution in [0.25, 0.3) is 0 Å². The van der Waals surface area contributed by atoms with Gasteiger partial charge in [-0.25, -0.2) is 4.79 Å². The van der Waals surface area contributed by atoms with Gasteiger partial charge in [-0.1, -0.05) is 64.5 Å². The van der Waals surface area contributed by atoms with Gasteiger partial charge in [-0.15, -0.1) is 0 Å². The number of alkyl carbamates (subject to hydrolysis) is 1. The summed E-state index contributed by atoms with van der Waals surface area (Å²) in [5.74, 6) is 0.876. The van der Waals surface area contributed by atoms with Crippen LogP contribution in [0.1, 0.15) is 41.1 Å². The second kappa shape index (κ2) is 11.4. The van der Waals surface area contributed by atoms with Crippen LogP contribution >= 0.6 is 15.9 Å². The number of hydrogen-bond acceptors (Lipinski definition) is 4. The Bertz CT molecular complexity index is 1260. The lowest BCUT2D eigenvalue weighted by molar-refractivity contribution is -0.138. The molecule has 3 aromatic rings. The number of fused-ring (bicyclic) bond motifs is 3. The summed E-state index contributed by atoms with van der Waals surface area (Å²) >= 11 is 2.96. The number of benzene rings is 3. The van der Waals surface area contributed by atoms with Crippen molar-refractivity contribution in [3.05, 3.63) is 99.5 Å². The van der Waals surface area contributed by atoms with Gasteiger partial charge in [0.15, 0.2) is 0 Å². The lowest BCUT2D eigenvalue weighted by Crippen LogP contribution is -2.52. The van der Waals surface area contributed by atoms with Gasteiger partial charge in [0.05, 0.1) is 11.6 Å². The van der Waals surface area contributed by atoms with E-state index in [4.69, 9.17) is 9.47 Å². The Morgan fingerprint density at radius 2 is 1.74 bits per heavy atom. The molecule has 6 rings (SSSR count). The van der Waals surface area contributed by atoms with Crippen LogP contribution in [0.5, 0.6) is 5.75 Å². The first-order valence-corrected chi connectivity index (χ1v) is 13.4. The molecule has 0 spiro atoms. The zero-order valence-electron chi connectivity index (χ0n) is 20.6. The van der Waals surface area contributed by atoms with Crippen LogP contribution in [0.3, 0.4) is 0 Å². The highest BCUT2D eigenvalue weighted by Crippen LogP contribution is 2.36. The van der Waals surface area contributed by atoms with Crippen molar-refractivity contribution in [1.82, 2.24) is 10.2 Å². The molecule has 9 heteroatoms. The van der Waals surface area contributed by atoms with E-state index in [0.29, 0.717) is 17.2 Å². The molecule has 0 aliphatic carbocycles. The molecule has 200 valence electrons. The van der Waals surface area contributed by atoms with Crippen LogP contribution in [0.4, 0.5) is 18.0 Å². The van der Waals surface area contributed by atoms with Gasteiger partial charge in [0.2, 0.25) is 0 Å². The Labute approximate surface area is 228 Å². The van der Waals surface area contributed by atoms with Crippen molar-refractivity contribution in [2.75, 3.05) is 19.6 Å². The summed E-state index contributed by atoms with van der Waals surface area (Å²) in [5, 5.41) is 3.02. The fourth-order valence-electron chi connectivity index (χ4n) is 5.17. The van der Waals surface area contributed by atoms with Crippen molar-refractivity contribution < 1.29 is 27.4 Å². The molecule has 2 atom stereocenters. The highest BCUT2D eigenvalue weighted by molar-refractivity contribution is 9.10. The van der Waals surface area contributed by atoms with E-state index in [1.807, 2.05) is 36.4 Å². The minimum Gasteiger partial charge on any atom is -0.489 e. The van der Waals surface area contributed by atoms with Gasteiger partial charge in [-0.2, -0.15) is 13.2 Å². The number of nitrogens with zero attached hydrogens (tertiary/aromatic N) is 1. The molecule has 3 saturated heterocycles. The SMILES string of the molecule is O=C(NC(c1ccccc1)c1cccc(OCc2ccc(Br)c(C(F)(F)F)c2)c1)OC1CN2CCC1CC2. The van der Waals surface area contributed by atoms with Gasteiger partial charge in [-0.3, -0.25) is 4.90 Å². The summed E-state index contributed by atoms with van der Waals surface area (Å²) < 4.78 is 51.5. The maximum Gasteiger partial charge on any atom is 0.417 e. The maximum absolute atomic E-state index is 13.3. The predicted molar refractivity (Wildman–Crippen MR) is 141 cm³/mol. The number of halogens is 4. The Morgan fingerprint density at radius 3 is 2.42 bits per heavy atom. The number of rotatable bonds is 7. The summed E-state index contributed by atoms with van der Waals surface area (Å²) in [5.41, 5.74) is 1.29. The standard InChI is InChI=1S/C29H28BrF3N2O3/c30-25-10-9-19(15-24(25)29(31,32)33)18-37-23-8-4-7-22(16-23)27(21-5-2-1-3-6-21)34-28(36)38-26-17-35-13-11-20(26)12-14-35/h1-10,15-16,20,26-27H,11-14,17-18H2,(H,34,36). The molecule has 1 N–H and O–H groups in total. The van der Waals surface area contributed by atoms with E-state index >= 15 is 0 Å². The molecule has 3 aromatic carbocycles. The van der Waals surface area contributed by atoms with Crippen molar-refractivity contribution in [3.63, 3.8) is 0 Å². The summed E-state index contributed by atoms with van der Waals surface area (Å²) in [6.45, 7) is 2.85. The van der Waals surface area contributed by atoms with Gasteiger partial charge >= 0.3 is 12.3 Å². The molecule has 0 aromatic heterocycles. The second-order valence-electron chi connectivity index (χ2n) is 9.74. The van der Waals surface area contributed by atoms with Crippen LogP contribution in [0.2, 0.25) is 0 Å². The number of piperidine rings is 3. The van der Waals surface area contributed by atoms with Crippen molar-refractivity contribution >= 4 is 22.0 Å². The summed E-state index contributed by atoms with van der Waals surface area (Å²) in [7, 11) is 0. The van der Waals surface area contributed by atoms with Crippen LogP contribution in [0.15, 0.2) is 77.3 Å². The van der Waals surface area contributed by atoms with Crippen LogP contribution < -0.4 is 10.1 Å². The Hall–Kier alpha value is -3.04. The van der Waals surface area contributed by atoms with Crippen molar-refractivity contribution in [3.8, 4) is 5.75 Å². The van der Waals surface area contributed by atoms with E-state index in [1.54, 1.807) is 24.3 Å². The maximum atomic E-state index is 13.3. The number of carbonyl (C=O) groups is 1. The highest BCUT2D eigenvalue weighted by atomic mass is 79.9. The van der Waals surface area contributed by atoms with Crippen LogP contribution in [-0.2, 0) is 17.5 Å². The molecule has 1 amide bonds. The average Bonchev–Trinajstić information content (AvgIpc) is 2.92. The fourth-order valence-corrected chi connectivity index (χ4v) is 5.64. The number of ether oxygens (including phenoxy) is 2. The minimum atomic E-state index is -4.47. The fraction of sp³-hybridized carbons (Fsp3) is 0.345. The third-order valence-electron chi connectivity index (χ3n) is 7.18. The number of nitrogens with one attached hydrogen (secondary N) is 1. The zero-order chi connectivity index (χ0) is 26.7. The number of carbonyl (C=O) groups excluding carboxylic acids is 1. The van der Waals surface area contributed by atoms with Crippen molar-refractivity contribution in [1.29, 1.82) is 0 Å². The normalized spacial score (nSPS) is 21.5. The molecule has 3 aliphatic rings. The Balaban J connectivity index is 1.31. The molecule has 5 nitrogen and oxygen atoms in total. The van der Waals surface area contributed by atoms with Gasteiger partial charge in [-0.05, 0) is 72.8 Å². The van der Waals surface area contributed by atoms with E-state index in [2.05, 4.69) is 26.1 Å². The largest absolute Gasteiger partial charge is 0.489 e. The lowest BCUT2D eigenvalue weighted by Gasteiger charge is -2.43. The molecule has 38 heavy (non-hydrogen) atoms. The van der Waals surface area contributed by atoms with E-state index in [-0.39, 0.29) is 17.2 Å². The second-order valence-corrected chi connectivity index (χ2v) is 10.6. The third-order valence-corrected chi connectivity index (χ3v) is 7.87. The molecule has 3 aliphatic heterocycles. The molecular formula is C29H28BrF3N2O3. The van der Waals surface area contributed by atoms with Crippen LogP contribution in [0, 0.1) is 5.92 Å². The molecule has 0 saturated carbocycles. The minimum absolute atomic E-state index is 0.0161. The van der Waals surface area contributed by atoms with Crippen molar-refractivity contribution in [2.24, 2.45) is 5.92 Å². The van der Waals surface area contributed by atoms with E-state index in [0.717, 1.165) is 49.7 Å². The van der Waals surface area contributed by atoms with Crippen LogP contribution in [-0.4, -0.2) is 36.7 Å². The lowest BCUT2D eigenvalue weighted by atomic mass is 9.86. The topological polar surface area (TPSA) is 50.8 Å². The quantitative estimate of drug-likeness (QED) is 0.324. The van der Waals surface area contributed by atoms with E-state index in [9.17, 15) is 18.0 Å². The third kappa shape index (κ3) is 6.32. The first-order chi connectivity index (χ1) is 18.3. The zero-order valence-corrected chi connectivity index (χ0v) is 22.2. The Morgan fingerprint density at radius 1 is 1.00 bits per heavy atom. The summed E-state index contributed by atoms with van der Waals surface area (Å²) in [6.07, 6.45) is -2.97. The van der Waals surface area contributed by atoms with E-state index in [1.165, 1.54) is 6.07 Å². The summed E-state index contributed by atoms with van der Waals surface area (Å²) in [6, 6.07) is 20.3. The van der Waals surface area contributed by atoms with Gasteiger partial charge in [0.1, 0.15) is 18.5 Å². The molecule has 2 unspecified atom stereocenters. The first-order valence-electron chi connectivity index (χ1n) is 12.6. The number of amides is 1. The van der Waals surface area contributed by atoms with E-state index < -0.39 is 23.9 Å². The molecule has 3 fully saturated rings. The molecule has 2 bridgehead atoms. The monoisotopic (exact) mass is 588 g/mol. The average molecular weight is 589 g/mol. The molecular weight excluding hydrogens is 561 g/mol. The summed E-state index contributed by atoms with van der Waals surface area (Å²) in [4.78, 5) is 15.3. The smallest absolute Gasteiger partial charge is 0.417 e. The van der Waals surface area contributed by atoms with Gasteiger partial charge in [0, 0.05) is 11.0 Å². The molecule has 3 heterocycles. The first kappa shape index (κ1) is 26.6.